The van der Waals surface area contributed by atoms with Crippen molar-refractivity contribution in [3.05, 3.63) is 62.9 Å². The molecule has 1 aliphatic rings. The van der Waals surface area contributed by atoms with E-state index in [1.807, 2.05) is 26.0 Å². The molecule has 0 spiro atoms. The normalized spacial score (nSPS) is 15.1. The smallest absolute Gasteiger partial charge is 0.184 e. The van der Waals surface area contributed by atoms with Gasteiger partial charge in [-0.25, -0.2) is 0 Å². The highest BCUT2D eigenvalue weighted by atomic mass is 16.1. The first kappa shape index (κ1) is 17.1. The minimum Gasteiger partial charge on any atom is -0.289 e. The second-order valence-corrected chi connectivity index (χ2v) is 6.30. The van der Waals surface area contributed by atoms with Gasteiger partial charge in [-0.15, -0.1) is 0 Å². The monoisotopic (exact) mass is 308 g/mol. The molecule has 23 heavy (non-hydrogen) atoms. The van der Waals surface area contributed by atoms with Crippen molar-refractivity contribution in [1.29, 1.82) is 0 Å². The van der Waals surface area contributed by atoms with Crippen LogP contribution in [0.2, 0.25) is 0 Å². The molecule has 1 aliphatic carbocycles. The van der Waals surface area contributed by atoms with E-state index in [4.69, 9.17) is 0 Å². The molecule has 0 saturated heterocycles. The molecule has 0 radical (unpaired) electrons. The highest BCUT2D eigenvalue weighted by Crippen LogP contribution is 2.32. The van der Waals surface area contributed by atoms with E-state index in [9.17, 15) is 4.79 Å². The molecular weight excluding hydrogens is 284 g/mol. The van der Waals surface area contributed by atoms with Gasteiger partial charge in [0.25, 0.3) is 0 Å². The summed E-state index contributed by atoms with van der Waals surface area (Å²) in [7, 11) is 0. The lowest BCUT2D eigenvalue weighted by molar-refractivity contribution is -0.112. The van der Waals surface area contributed by atoms with Gasteiger partial charge < -0.3 is 0 Å². The van der Waals surface area contributed by atoms with Crippen molar-refractivity contribution in [3.63, 3.8) is 0 Å². The molecular formula is C20H24N2O. The Kier molecular flexibility index (Phi) is 4.79. The lowest BCUT2D eigenvalue weighted by atomic mass is 9.93. The van der Waals surface area contributed by atoms with Gasteiger partial charge in [-0.1, -0.05) is 0 Å². The lowest BCUT2D eigenvalue weighted by Crippen LogP contribution is -2.05. The van der Waals surface area contributed by atoms with Gasteiger partial charge in [0.2, 0.25) is 0 Å². The van der Waals surface area contributed by atoms with Crippen LogP contribution in [0.3, 0.4) is 0 Å². The van der Waals surface area contributed by atoms with E-state index in [1.165, 1.54) is 27.8 Å². The number of carbonyl (C=O) groups excluding carboxylic acids is 1. The Morgan fingerprint density at radius 1 is 0.739 bits per heavy atom. The molecule has 0 unspecified atom stereocenters. The number of nitrogens with zero attached hydrogens (tertiary/aromatic N) is 2. The topological polar surface area (TPSA) is 41.8 Å². The zero-order chi connectivity index (χ0) is 17.3. The average molecular weight is 308 g/mol. The van der Waals surface area contributed by atoms with Gasteiger partial charge in [0.1, 0.15) is 0 Å². The fourth-order valence-electron chi connectivity index (χ4n) is 2.84. The van der Waals surface area contributed by atoms with E-state index in [0.717, 1.165) is 22.4 Å². The Morgan fingerprint density at radius 3 is 1.65 bits per heavy atom. The molecule has 0 atom stereocenters. The second kappa shape index (κ2) is 6.45. The van der Waals surface area contributed by atoms with Crippen LogP contribution in [-0.4, -0.2) is 5.78 Å². The van der Waals surface area contributed by atoms with Crippen LogP contribution in [0, 0.1) is 34.6 Å². The Hall–Kier alpha value is -2.29. The highest BCUT2D eigenvalue weighted by molar-refractivity contribution is 6.09. The first-order chi connectivity index (χ1) is 10.7. The molecule has 1 aromatic carbocycles. The molecule has 0 N–H and O–H groups in total. The Balaban J connectivity index is 2.40. The summed E-state index contributed by atoms with van der Waals surface area (Å²) >= 11 is 0. The Labute approximate surface area is 138 Å². The SMILES string of the molecule is CC1=CC(=CN=Nc2c(C)c(C)c(C)c(C)c2C)C=C(C)C1=O. The summed E-state index contributed by atoms with van der Waals surface area (Å²) in [6.45, 7) is 14.2. The summed E-state index contributed by atoms with van der Waals surface area (Å²) in [5, 5.41) is 8.69. The largest absolute Gasteiger partial charge is 0.289 e. The van der Waals surface area contributed by atoms with Gasteiger partial charge in [0.05, 0.1) is 11.9 Å². The fourth-order valence-corrected chi connectivity index (χ4v) is 2.84. The van der Waals surface area contributed by atoms with Crippen molar-refractivity contribution in [1.82, 2.24) is 0 Å². The van der Waals surface area contributed by atoms with Crippen LogP contribution in [0.5, 0.6) is 0 Å². The zero-order valence-corrected chi connectivity index (χ0v) is 15.0. The van der Waals surface area contributed by atoms with Crippen LogP contribution in [0.25, 0.3) is 0 Å². The first-order valence-corrected chi connectivity index (χ1v) is 7.83. The average Bonchev–Trinajstić information content (AvgIpc) is 2.52. The van der Waals surface area contributed by atoms with Crippen LogP contribution >= 0.6 is 0 Å². The van der Waals surface area contributed by atoms with Crippen LogP contribution in [0.15, 0.2) is 45.3 Å². The lowest BCUT2D eigenvalue weighted by Gasteiger charge is -2.14. The predicted octanol–water partition coefficient (Wildman–Crippen LogP) is 5.67. The molecule has 0 bridgehead atoms. The molecule has 0 fully saturated rings. The van der Waals surface area contributed by atoms with Crippen molar-refractivity contribution >= 4 is 11.5 Å². The molecule has 0 aliphatic heterocycles. The minimum atomic E-state index is 0.0931. The van der Waals surface area contributed by atoms with Gasteiger partial charge in [-0.3, -0.25) is 4.79 Å². The molecule has 0 amide bonds. The predicted molar refractivity (Wildman–Crippen MR) is 95.2 cm³/mol. The number of hydrogen-bond donors (Lipinski definition) is 0. The fraction of sp³-hybridized carbons (Fsp3) is 0.350. The van der Waals surface area contributed by atoms with Crippen LogP contribution in [0.1, 0.15) is 41.7 Å². The van der Waals surface area contributed by atoms with E-state index in [2.05, 4.69) is 44.8 Å². The first-order valence-electron chi connectivity index (χ1n) is 7.83. The van der Waals surface area contributed by atoms with Gasteiger partial charge >= 0.3 is 0 Å². The number of allylic oxidation sites excluding steroid dienone is 5. The van der Waals surface area contributed by atoms with Crippen molar-refractivity contribution in [2.45, 2.75) is 48.5 Å². The molecule has 0 heterocycles. The number of rotatable bonds is 2. The third kappa shape index (κ3) is 3.24. The number of hydrogen-bond acceptors (Lipinski definition) is 3. The quantitative estimate of drug-likeness (QED) is 0.649. The standard InChI is InChI=1S/C20H24N2O/c1-11-8-18(9-12(2)20(11)23)10-21-22-19-16(6)14(4)13(3)15(5)17(19)7/h8-10H,1-7H3. The van der Waals surface area contributed by atoms with E-state index in [-0.39, 0.29) is 5.78 Å². The van der Waals surface area contributed by atoms with Gasteiger partial charge in [-0.05, 0) is 105 Å². The van der Waals surface area contributed by atoms with Crippen molar-refractivity contribution < 1.29 is 4.79 Å². The summed E-state index contributed by atoms with van der Waals surface area (Å²) in [6, 6.07) is 0. The number of benzene rings is 1. The third-order valence-corrected chi connectivity index (χ3v) is 4.81. The maximum Gasteiger partial charge on any atom is 0.184 e. The Bertz CT molecular complexity index is 752. The van der Waals surface area contributed by atoms with Gasteiger partial charge in [0, 0.05) is 0 Å². The Morgan fingerprint density at radius 2 is 1.17 bits per heavy atom. The van der Waals surface area contributed by atoms with Crippen molar-refractivity contribution in [2.75, 3.05) is 0 Å². The van der Waals surface area contributed by atoms with Crippen molar-refractivity contribution in [3.8, 4) is 0 Å². The summed E-state index contributed by atoms with van der Waals surface area (Å²) in [6.07, 6.45) is 5.41. The van der Waals surface area contributed by atoms with Gasteiger partial charge in [0.15, 0.2) is 5.78 Å². The van der Waals surface area contributed by atoms with Crippen molar-refractivity contribution in [2.24, 2.45) is 10.2 Å². The number of carbonyl (C=O) groups is 1. The minimum absolute atomic E-state index is 0.0931. The van der Waals surface area contributed by atoms with E-state index >= 15 is 0 Å². The van der Waals surface area contributed by atoms with E-state index in [0.29, 0.717) is 0 Å². The molecule has 1 aromatic rings. The summed E-state index contributed by atoms with van der Waals surface area (Å²) in [5.74, 6) is 0.0931. The highest BCUT2D eigenvalue weighted by Gasteiger charge is 2.13. The van der Waals surface area contributed by atoms with Gasteiger partial charge in [-0.2, -0.15) is 10.2 Å². The van der Waals surface area contributed by atoms with Crippen LogP contribution < -0.4 is 0 Å². The molecule has 2 rings (SSSR count). The third-order valence-electron chi connectivity index (χ3n) is 4.81. The maximum atomic E-state index is 11.7. The number of Topliss-reactive ketones (excluding diaryl/α,β-unsaturated/α-hetero) is 1. The maximum absolute atomic E-state index is 11.7. The number of ketones is 1. The zero-order valence-electron chi connectivity index (χ0n) is 15.0. The number of azo groups is 1. The summed E-state index contributed by atoms with van der Waals surface area (Å²) < 4.78 is 0. The molecule has 3 nitrogen and oxygen atoms in total. The van der Waals surface area contributed by atoms with Crippen LogP contribution in [-0.2, 0) is 4.79 Å². The van der Waals surface area contributed by atoms with E-state index < -0.39 is 0 Å². The summed E-state index contributed by atoms with van der Waals surface area (Å²) in [4.78, 5) is 11.7. The molecule has 0 saturated carbocycles. The molecule has 3 heteroatoms. The molecule has 120 valence electrons. The second-order valence-electron chi connectivity index (χ2n) is 6.30. The van der Waals surface area contributed by atoms with E-state index in [1.54, 1.807) is 6.20 Å². The van der Waals surface area contributed by atoms with Crippen LogP contribution in [0.4, 0.5) is 5.69 Å². The summed E-state index contributed by atoms with van der Waals surface area (Å²) in [5.41, 5.74) is 9.51. The molecule has 0 aromatic heterocycles.